The molecule has 0 unspecified atom stereocenters. The highest BCUT2D eigenvalue weighted by Gasteiger charge is 2.04. The molecular weight excluding hydrogens is 196 g/mol. The maximum atomic E-state index is 10.7. The Morgan fingerprint density at radius 1 is 1.50 bits per heavy atom. The SMILES string of the molecule is CC(=O)c1nccnc1Br. The van der Waals surface area contributed by atoms with Gasteiger partial charge in [-0.05, 0) is 15.9 Å². The molecular formula is C6H5BrN2O. The zero-order chi connectivity index (χ0) is 7.56. The molecule has 1 heterocycles. The summed E-state index contributed by atoms with van der Waals surface area (Å²) in [6.07, 6.45) is 3.01. The molecule has 0 aliphatic carbocycles. The summed E-state index contributed by atoms with van der Waals surface area (Å²) in [6.45, 7) is 1.45. The number of carbonyl (C=O) groups is 1. The van der Waals surface area contributed by atoms with Crippen LogP contribution < -0.4 is 0 Å². The fourth-order valence-corrected chi connectivity index (χ4v) is 1.06. The number of hydrogen-bond donors (Lipinski definition) is 0. The summed E-state index contributed by atoms with van der Waals surface area (Å²) in [4.78, 5) is 18.4. The van der Waals surface area contributed by atoms with E-state index in [2.05, 4.69) is 25.9 Å². The molecule has 1 aromatic rings. The molecule has 0 bridgehead atoms. The molecule has 0 amide bonds. The summed E-state index contributed by atoms with van der Waals surface area (Å²) in [5.41, 5.74) is 0.377. The number of Topliss-reactive ketones (excluding diaryl/α,β-unsaturated/α-hetero) is 1. The Bertz CT molecular complexity index is 262. The van der Waals surface area contributed by atoms with Crippen molar-refractivity contribution in [3.63, 3.8) is 0 Å². The third-order valence-corrected chi connectivity index (χ3v) is 1.57. The lowest BCUT2D eigenvalue weighted by Crippen LogP contribution is -1.98. The van der Waals surface area contributed by atoms with E-state index >= 15 is 0 Å². The first kappa shape index (κ1) is 7.34. The van der Waals surface area contributed by atoms with Gasteiger partial charge in [-0.1, -0.05) is 0 Å². The van der Waals surface area contributed by atoms with Gasteiger partial charge in [-0.25, -0.2) is 9.97 Å². The Morgan fingerprint density at radius 2 is 2.10 bits per heavy atom. The van der Waals surface area contributed by atoms with Crippen LogP contribution in [0.3, 0.4) is 0 Å². The average molecular weight is 201 g/mol. The zero-order valence-corrected chi connectivity index (χ0v) is 6.92. The van der Waals surface area contributed by atoms with Crippen molar-refractivity contribution in [1.29, 1.82) is 0 Å². The van der Waals surface area contributed by atoms with E-state index in [1.165, 1.54) is 19.3 Å². The van der Waals surface area contributed by atoms with Gasteiger partial charge in [-0.3, -0.25) is 4.79 Å². The number of carbonyl (C=O) groups excluding carboxylic acids is 1. The van der Waals surface area contributed by atoms with Crippen molar-refractivity contribution >= 4 is 21.7 Å². The molecule has 0 radical (unpaired) electrons. The molecule has 0 saturated carbocycles. The average Bonchev–Trinajstić information content (AvgIpc) is 1.88. The van der Waals surface area contributed by atoms with E-state index in [0.29, 0.717) is 10.3 Å². The highest BCUT2D eigenvalue weighted by atomic mass is 79.9. The van der Waals surface area contributed by atoms with Gasteiger partial charge < -0.3 is 0 Å². The molecule has 4 heteroatoms. The van der Waals surface area contributed by atoms with E-state index in [1.807, 2.05) is 0 Å². The first-order chi connectivity index (χ1) is 4.72. The van der Waals surface area contributed by atoms with Gasteiger partial charge in [0.05, 0.1) is 0 Å². The molecule has 1 aromatic heterocycles. The second-order valence-corrected chi connectivity index (χ2v) is 2.50. The van der Waals surface area contributed by atoms with Crippen molar-refractivity contribution in [1.82, 2.24) is 9.97 Å². The third kappa shape index (κ3) is 1.39. The van der Waals surface area contributed by atoms with Crippen LogP contribution in [0.25, 0.3) is 0 Å². The molecule has 0 aromatic carbocycles. The van der Waals surface area contributed by atoms with Gasteiger partial charge in [0.1, 0.15) is 10.3 Å². The fraction of sp³-hybridized carbons (Fsp3) is 0.167. The van der Waals surface area contributed by atoms with Crippen molar-refractivity contribution < 1.29 is 4.79 Å². The van der Waals surface area contributed by atoms with E-state index in [9.17, 15) is 4.79 Å². The molecule has 52 valence electrons. The molecule has 10 heavy (non-hydrogen) atoms. The molecule has 0 spiro atoms. The van der Waals surface area contributed by atoms with Crippen LogP contribution in [0.4, 0.5) is 0 Å². The van der Waals surface area contributed by atoms with Crippen molar-refractivity contribution in [3.8, 4) is 0 Å². The smallest absolute Gasteiger partial charge is 0.180 e. The number of nitrogens with zero attached hydrogens (tertiary/aromatic N) is 2. The van der Waals surface area contributed by atoms with Crippen LogP contribution in [0.15, 0.2) is 17.0 Å². The zero-order valence-electron chi connectivity index (χ0n) is 5.34. The topological polar surface area (TPSA) is 42.9 Å². The molecule has 0 aliphatic heterocycles. The fourth-order valence-electron chi connectivity index (χ4n) is 0.557. The summed E-state index contributed by atoms with van der Waals surface area (Å²) in [5, 5.41) is 0. The van der Waals surface area contributed by atoms with Crippen LogP contribution >= 0.6 is 15.9 Å². The number of ketones is 1. The van der Waals surface area contributed by atoms with E-state index in [1.54, 1.807) is 0 Å². The Hall–Kier alpha value is -0.770. The van der Waals surface area contributed by atoms with Gasteiger partial charge in [0.25, 0.3) is 0 Å². The van der Waals surface area contributed by atoms with E-state index in [4.69, 9.17) is 0 Å². The van der Waals surface area contributed by atoms with Crippen molar-refractivity contribution in [2.24, 2.45) is 0 Å². The number of aromatic nitrogens is 2. The lowest BCUT2D eigenvalue weighted by atomic mass is 10.3. The van der Waals surface area contributed by atoms with Gasteiger partial charge in [0.2, 0.25) is 0 Å². The summed E-state index contributed by atoms with van der Waals surface area (Å²) in [7, 11) is 0. The van der Waals surface area contributed by atoms with Gasteiger partial charge in [0.15, 0.2) is 5.78 Å². The predicted molar refractivity (Wildman–Crippen MR) is 39.7 cm³/mol. The van der Waals surface area contributed by atoms with Crippen LogP contribution in [0.1, 0.15) is 17.4 Å². The van der Waals surface area contributed by atoms with E-state index < -0.39 is 0 Å². The monoisotopic (exact) mass is 200 g/mol. The molecule has 0 saturated heterocycles. The van der Waals surface area contributed by atoms with Crippen molar-refractivity contribution in [3.05, 3.63) is 22.7 Å². The Kier molecular flexibility index (Phi) is 2.11. The van der Waals surface area contributed by atoms with Crippen LogP contribution in [0.5, 0.6) is 0 Å². The Morgan fingerprint density at radius 3 is 2.50 bits per heavy atom. The predicted octanol–water partition coefficient (Wildman–Crippen LogP) is 1.44. The van der Waals surface area contributed by atoms with E-state index in [-0.39, 0.29) is 5.78 Å². The summed E-state index contributed by atoms with van der Waals surface area (Å²) >= 11 is 3.10. The second kappa shape index (κ2) is 2.88. The molecule has 0 N–H and O–H groups in total. The lowest BCUT2D eigenvalue weighted by molar-refractivity contribution is 0.101. The molecule has 0 atom stereocenters. The lowest BCUT2D eigenvalue weighted by Gasteiger charge is -1.93. The van der Waals surface area contributed by atoms with Crippen molar-refractivity contribution in [2.75, 3.05) is 0 Å². The molecule has 0 fully saturated rings. The van der Waals surface area contributed by atoms with E-state index in [0.717, 1.165) is 0 Å². The largest absolute Gasteiger partial charge is 0.293 e. The molecule has 0 aliphatic rings. The van der Waals surface area contributed by atoms with Crippen LogP contribution in [0, 0.1) is 0 Å². The summed E-state index contributed by atoms with van der Waals surface area (Å²) < 4.78 is 0.502. The summed E-state index contributed by atoms with van der Waals surface area (Å²) in [5.74, 6) is -0.0834. The highest BCUT2D eigenvalue weighted by Crippen LogP contribution is 2.09. The minimum atomic E-state index is -0.0834. The van der Waals surface area contributed by atoms with Gasteiger partial charge in [0, 0.05) is 19.3 Å². The van der Waals surface area contributed by atoms with Crippen LogP contribution in [-0.4, -0.2) is 15.8 Å². The minimum absolute atomic E-state index is 0.0834. The van der Waals surface area contributed by atoms with Gasteiger partial charge in [-0.15, -0.1) is 0 Å². The normalized spacial score (nSPS) is 9.40. The minimum Gasteiger partial charge on any atom is -0.293 e. The van der Waals surface area contributed by atoms with Crippen molar-refractivity contribution in [2.45, 2.75) is 6.92 Å². The highest BCUT2D eigenvalue weighted by molar-refractivity contribution is 9.10. The van der Waals surface area contributed by atoms with Crippen LogP contribution in [-0.2, 0) is 0 Å². The van der Waals surface area contributed by atoms with Gasteiger partial charge >= 0.3 is 0 Å². The quantitative estimate of drug-likeness (QED) is 0.645. The standard InChI is InChI=1S/C6H5BrN2O/c1-4(10)5-6(7)9-3-2-8-5/h2-3H,1H3. The maximum Gasteiger partial charge on any atom is 0.180 e. The van der Waals surface area contributed by atoms with Gasteiger partial charge in [-0.2, -0.15) is 0 Å². The Balaban J connectivity index is 3.15. The number of rotatable bonds is 1. The third-order valence-electron chi connectivity index (χ3n) is 0.987. The second-order valence-electron chi connectivity index (χ2n) is 1.75. The maximum absolute atomic E-state index is 10.7. The molecule has 1 rings (SSSR count). The van der Waals surface area contributed by atoms with Crippen LogP contribution in [0.2, 0.25) is 0 Å². The first-order valence-corrected chi connectivity index (χ1v) is 3.48. The molecule has 3 nitrogen and oxygen atoms in total. The number of hydrogen-bond acceptors (Lipinski definition) is 3. The first-order valence-electron chi connectivity index (χ1n) is 2.69. The Labute approximate surface area is 66.6 Å². The summed E-state index contributed by atoms with van der Waals surface area (Å²) in [6, 6.07) is 0. The number of halogens is 1.